The van der Waals surface area contributed by atoms with E-state index in [1.807, 2.05) is 13.8 Å². The summed E-state index contributed by atoms with van der Waals surface area (Å²) in [4.78, 5) is 14.9. The molecule has 4 N–H and O–H groups in total. The van der Waals surface area contributed by atoms with Gasteiger partial charge < -0.3 is 15.6 Å². The molecule has 170 valence electrons. The SMILES string of the molecule is CCN(CC)Cc1c(C(=O)N/N=C/c2cc(Br)c(O)c(OC)c2)nnn1-c1nonc1N. The number of nitrogen functional groups attached to an aromatic ring is 1. The van der Waals surface area contributed by atoms with Gasteiger partial charge in [-0.15, -0.1) is 5.10 Å². The number of nitrogens with one attached hydrogen (secondary N) is 1. The first kappa shape index (κ1) is 23.1. The molecule has 32 heavy (non-hydrogen) atoms. The Kier molecular flexibility index (Phi) is 7.37. The average Bonchev–Trinajstić information content (AvgIpc) is 3.39. The zero-order valence-corrected chi connectivity index (χ0v) is 19.2. The van der Waals surface area contributed by atoms with E-state index in [0.29, 0.717) is 22.3 Å². The third-order valence-electron chi connectivity index (χ3n) is 4.59. The monoisotopic (exact) mass is 507 g/mol. The van der Waals surface area contributed by atoms with Gasteiger partial charge in [-0.05, 0) is 57.0 Å². The Hall–Kier alpha value is -3.52. The van der Waals surface area contributed by atoms with Gasteiger partial charge in [0.15, 0.2) is 17.2 Å². The summed E-state index contributed by atoms with van der Waals surface area (Å²) in [6, 6.07) is 3.19. The number of carbonyl (C=O) groups excluding carboxylic acids is 1. The zero-order chi connectivity index (χ0) is 23.3. The number of aromatic nitrogens is 5. The second kappa shape index (κ2) is 10.2. The quantitative estimate of drug-likeness (QED) is 0.283. The smallest absolute Gasteiger partial charge is 0.293 e. The molecule has 1 amide bonds. The Morgan fingerprint density at radius 3 is 2.78 bits per heavy atom. The number of hydrazone groups is 1. The first-order valence-corrected chi connectivity index (χ1v) is 10.3. The number of rotatable bonds is 9. The molecule has 2 heterocycles. The van der Waals surface area contributed by atoms with E-state index in [9.17, 15) is 9.90 Å². The van der Waals surface area contributed by atoms with Crippen LogP contribution in [0.2, 0.25) is 0 Å². The molecule has 0 fully saturated rings. The fourth-order valence-corrected chi connectivity index (χ4v) is 3.29. The van der Waals surface area contributed by atoms with Crippen LogP contribution in [0.5, 0.6) is 11.5 Å². The molecule has 0 atom stereocenters. The van der Waals surface area contributed by atoms with E-state index in [1.165, 1.54) is 18.0 Å². The van der Waals surface area contributed by atoms with E-state index < -0.39 is 5.91 Å². The Morgan fingerprint density at radius 1 is 1.41 bits per heavy atom. The number of hydrogen-bond acceptors (Lipinski definition) is 11. The van der Waals surface area contributed by atoms with Crippen molar-refractivity contribution in [3.05, 3.63) is 33.6 Å². The lowest BCUT2D eigenvalue weighted by Gasteiger charge is -2.18. The van der Waals surface area contributed by atoms with Crippen LogP contribution in [0.3, 0.4) is 0 Å². The van der Waals surface area contributed by atoms with Crippen LogP contribution in [0.4, 0.5) is 5.82 Å². The number of phenols is 1. The second-order valence-corrected chi connectivity index (χ2v) is 7.34. The number of benzene rings is 1. The molecule has 0 unspecified atom stereocenters. The fourth-order valence-electron chi connectivity index (χ4n) is 2.83. The molecule has 0 aliphatic carbocycles. The van der Waals surface area contributed by atoms with Crippen molar-refractivity contribution in [2.24, 2.45) is 5.10 Å². The molecule has 13 nitrogen and oxygen atoms in total. The highest BCUT2D eigenvalue weighted by atomic mass is 79.9. The molecule has 3 rings (SSSR count). The molecule has 1 aromatic carbocycles. The highest BCUT2D eigenvalue weighted by molar-refractivity contribution is 9.10. The standard InChI is InChI=1S/C18H22BrN9O4/c1-4-27(5-2)9-12-14(22-26-28(12)17-16(20)24-32-25-17)18(30)23-21-8-10-6-11(19)15(29)13(7-10)31-3/h6-8,29H,4-5,9H2,1-3H3,(H2,20,24)(H,23,30)/b21-8+. The first-order chi connectivity index (χ1) is 15.4. The summed E-state index contributed by atoms with van der Waals surface area (Å²) in [5.74, 6) is -0.186. The van der Waals surface area contributed by atoms with E-state index >= 15 is 0 Å². The molecular weight excluding hydrogens is 486 g/mol. The van der Waals surface area contributed by atoms with Gasteiger partial charge >= 0.3 is 0 Å². The molecule has 3 aromatic rings. The maximum atomic E-state index is 12.8. The molecule has 0 aliphatic heterocycles. The number of hydrogen-bond donors (Lipinski definition) is 3. The highest BCUT2D eigenvalue weighted by Gasteiger charge is 2.25. The number of aromatic hydroxyl groups is 1. The van der Waals surface area contributed by atoms with Crippen molar-refractivity contribution in [3.63, 3.8) is 0 Å². The number of nitrogens with two attached hydrogens (primary N) is 1. The number of ether oxygens (including phenoxy) is 1. The molecule has 14 heteroatoms. The van der Waals surface area contributed by atoms with Crippen LogP contribution in [0.25, 0.3) is 5.82 Å². The van der Waals surface area contributed by atoms with E-state index in [-0.39, 0.29) is 28.8 Å². The molecule has 0 bridgehead atoms. The van der Waals surface area contributed by atoms with Crippen LogP contribution >= 0.6 is 15.9 Å². The van der Waals surface area contributed by atoms with Crippen molar-refractivity contribution >= 4 is 33.9 Å². The molecule has 0 saturated carbocycles. The lowest BCUT2D eigenvalue weighted by molar-refractivity contribution is 0.0948. The van der Waals surface area contributed by atoms with Crippen molar-refractivity contribution in [3.8, 4) is 17.3 Å². The number of nitrogens with zero attached hydrogens (tertiary/aromatic N) is 7. The van der Waals surface area contributed by atoms with Crippen LogP contribution in [-0.4, -0.2) is 67.6 Å². The van der Waals surface area contributed by atoms with Gasteiger partial charge in [-0.3, -0.25) is 9.69 Å². The highest BCUT2D eigenvalue weighted by Crippen LogP contribution is 2.34. The van der Waals surface area contributed by atoms with Crippen LogP contribution < -0.4 is 15.9 Å². The predicted molar refractivity (Wildman–Crippen MR) is 118 cm³/mol. The summed E-state index contributed by atoms with van der Waals surface area (Å²) in [6.07, 6.45) is 1.40. The summed E-state index contributed by atoms with van der Waals surface area (Å²) >= 11 is 3.24. The molecule has 0 aliphatic rings. The lowest BCUT2D eigenvalue weighted by atomic mass is 10.2. The van der Waals surface area contributed by atoms with Crippen molar-refractivity contribution in [2.75, 3.05) is 25.9 Å². The van der Waals surface area contributed by atoms with Crippen LogP contribution in [0.15, 0.2) is 26.3 Å². The first-order valence-electron chi connectivity index (χ1n) is 9.54. The summed E-state index contributed by atoms with van der Waals surface area (Å²) in [5, 5.41) is 29.2. The maximum Gasteiger partial charge on any atom is 0.293 e. The molecule has 0 saturated heterocycles. The normalized spacial score (nSPS) is 11.4. The topological polar surface area (TPSA) is 170 Å². The third kappa shape index (κ3) is 4.86. The van der Waals surface area contributed by atoms with E-state index in [4.69, 9.17) is 10.5 Å². The van der Waals surface area contributed by atoms with Gasteiger partial charge in [0.05, 0.1) is 23.5 Å². The van der Waals surface area contributed by atoms with Gasteiger partial charge in [-0.2, -0.15) is 9.78 Å². The van der Waals surface area contributed by atoms with Gasteiger partial charge in [-0.1, -0.05) is 19.1 Å². The Balaban J connectivity index is 1.86. The third-order valence-corrected chi connectivity index (χ3v) is 5.20. The maximum absolute atomic E-state index is 12.8. The summed E-state index contributed by atoms with van der Waals surface area (Å²) in [5.41, 5.74) is 9.31. The van der Waals surface area contributed by atoms with E-state index in [2.05, 4.69) is 56.6 Å². The Morgan fingerprint density at radius 2 is 2.16 bits per heavy atom. The summed E-state index contributed by atoms with van der Waals surface area (Å²) in [6.45, 7) is 5.84. The van der Waals surface area contributed by atoms with Gasteiger partial charge in [-0.25, -0.2) is 10.1 Å². The number of carbonyl (C=O) groups is 1. The van der Waals surface area contributed by atoms with Gasteiger partial charge in [0.25, 0.3) is 5.91 Å². The molecule has 0 radical (unpaired) electrons. The number of halogens is 1. The summed E-state index contributed by atoms with van der Waals surface area (Å²) in [7, 11) is 1.43. The minimum atomic E-state index is -0.575. The number of anilines is 1. The molecule has 0 spiro atoms. The largest absolute Gasteiger partial charge is 0.503 e. The van der Waals surface area contributed by atoms with Gasteiger partial charge in [0.1, 0.15) is 0 Å². The molecule has 2 aromatic heterocycles. The van der Waals surface area contributed by atoms with E-state index in [0.717, 1.165) is 13.1 Å². The Labute approximate surface area is 191 Å². The van der Waals surface area contributed by atoms with Crippen LogP contribution in [0, 0.1) is 0 Å². The second-order valence-electron chi connectivity index (χ2n) is 6.48. The fraction of sp³-hybridized carbons (Fsp3) is 0.333. The number of amides is 1. The predicted octanol–water partition coefficient (Wildman–Crippen LogP) is 1.31. The van der Waals surface area contributed by atoms with Crippen molar-refractivity contribution in [2.45, 2.75) is 20.4 Å². The van der Waals surface area contributed by atoms with Gasteiger partial charge in [0.2, 0.25) is 11.6 Å². The minimum Gasteiger partial charge on any atom is -0.503 e. The van der Waals surface area contributed by atoms with Crippen LogP contribution in [0.1, 0.15) is 35.6 Å². The molecular formula is C18H22BrN9O4. The van der Waals surface area contributed by atoms with Crippen LogP contribution in [-0.2, 0) is 6.54 Å². The number of methoxy groups -OCH3 is 1. The van der Waals surface area contributed by atoms with Gasteiger partial charge in [0, 0.05) is 6.54 Å². The average molecular weight is 508 g/mol. The lowest BCUT2D eigenvalue weighted by Crippen LogP contribution is -2.27. The number of phenolic OH excluding ortho intramolecular Hbond substituents is 1. The van der Waals surface area contributed by atoms with E-state index in [1.54, 1.807) is 12.1 Å². The van der Waals surface area contributed by atoms with Crippen molar-refractivity contribution < 1.29 is 19.3 Å². The summed E-state index contributed by atoms with van der Waals surface area (Å²) < 4.78 is 11.5. The van der Waals surface area contributed by atoms with Crippen molar-refractivity contribution in [1.29, 1.82) is 0 Å². The Bertz CT molecular complexity index is 1120. The zero-order valence-electron chi connectivity index (χ0n) is 17.6. The van der Waals surface area contributed by atoms with Crippen molar-refractivity contribution in [1.82, 2.24) is 35.6 Å². The minimum absolute atomic E-state index is 0.0209.